The van der Waals surface area contributed by atoms with Crippen LogP contribution in [-0.2, 0) is 23.8 Å². The van der Waals surface area contributed by atoms with Crippen molar-refractivity contribution in [2.75, 3.05) is 6.54 Å². The Balaban J connectivity index is 1.58. The molecule has 2 aromatic heterocycles. The van der Waals surface area contributed by atoms with E-state index >= 15 is 0 Å². The predicted molar refractivity (Wildman–Crippen MR) is 86.5 cm³/mol. The number of hydrogen-bond acceptors (Lipinski definition) is 4. The van der Waals surface area contributed by atoms with E-state index in [0.717, 1.165) is 23.5 Å². The number of pyridine rings is 1. The van der Waals surface area contributed by atoms with Crippen molar-refractivity contribution in [3.8, 4) is 0 Å². The summed E-state index contributed by atoms with van der Waals surface area (Å²) in [5, 5.41) is 9.67. The van der Waals surface area contributed by atoms with Gasteiger partial charge in [-0.1, -0.05) is 0 Å². The van der Waals surface area contributed by atoms with Gasteiger partial charge in [-0.15, -0.1) is 0 Å². The predicted octanol–water partition coefficient (Wildman–Crippen LogP) is 2.82. The maximum atomic E-state index is 12.5. The Bertz CT molecular complexity index is 786. The van der Waals surface area contributed by atoms with Crippen molar-refractivity contribution >= 4 is 5.91 Å². The number of carbonyl (C=O) groups excluding carboxylic acids is 1. The Morgan fingerprint density at radius 3 is 2.81 bits per heavy atom. The number of aromatic amines is 1. The van der Waals surface area contributed by atoms with Gasteiger partial charge in [0.15, 0.2) is 5.69 Å². The molecule has 2 atom stereocenters. The number of halogens is 3. The maximum Gasteiger partial charge on any atom is 0.417 e. The maximum absolute atomic E-state index is 12.5. The first-order valence-corrected chi connectivity index (χ1v) is 8.28. The molecule has 140 valence electrons. The van der Waals surface area contributed by atoms with Crippen LogP contribution in [0.1, 0.15) is 53.0 Å². The monoisotopic (exact) mass is 368 g/mol. The number of amides is 1. The molecule has 2 aromatic rings. The summed E-state index contributed by atoms with van der Waals surface area (Å²) in [5.74, 6) is -0.323. The molecule has 0 bridgehead atoms. The number of nitrogens with one attached hydrogen (secondary N) is 2. The van der Waals surface area contributed by atoms with Crippen molar-refractivity contribution in [2.45, 2.75) is 45.1 Å². The minimum atomic E-state index is -4.41. The van der Waals surface area contributed by atoms with Gasteiger partial charge >= 0.3 is 6.18 Å². The molecule has 9 heteroatoms. The number of rotatable bonds is 4. The molecule has 6 nitrogen and oxygen atoms in total. The highest BCUT2D eigenvalue weighted by atomic mass is 19.4. The van der Waals surface area contributed by atoms with Crippen molar-refractivity contribution in [3.05, 3.63) is 46.5 Å². The second-order valence-corrected chi connectivity index (χ2v) is 6.30. The third-order valence-electron chi connectivity index (χ3n) is 4.27. The van der Waals surface area contributed by atoms with Gasteiger partial charge < -0.3 is 10.1 Å². The molecule has 26 heavy (non-hydrogen) atoms. The topological polar surface area (TPSA) is 79.9 Å². The van der Waals surface area contributed by atoms with Crippen molar-refractivity contribution < 1.29 is 22.7 Å². The second kappa shape index (κ2) is 7.06. The normalized spacial score (nSPS) is 19.9. The molecule has 3 rings (SSSR count). The summed E-state index contributed by atoms with van der Waals surface area (Å²) in [6.45, 7) is 4.08. The van der Waals surface area contributed by atoms with E-state index < -0.39 is 11.7 Å². The molecule has 0 radical (unpaired) electrons. The Hall–Kier alpha value is -2.42. The number of ether oxygens (including phenoxy) is 1. The van der Waals surface area contributed by atoms with E-state index in [1.165, 1.54) is 6.07 Å². The van der Waals surface area contributed by atoms with Gasteiger partial charge in [-0.3, -0.25) is 14.9 Å². The van der Waals surface area contributed by atoms with Gasteiger partial charge in [0.1, 0.15) is 0 Å². The lowest BCUT2D eigenvalue weighted by Gasteiger charge is -2.25. The summed E-state index contributed by atoms with van der Waals surface area (Å²) in [4.78, 5) is 16.1. The second-order valence-electron chi connectivity index (χ2n) is 6.30. The SMILES string of the molecule is C[C@@H]1Cc2c(C(=O)NCCc3ccc(C(F)(F)F)cn3)n[nH]c2[C@H](C)O1. The van der Waals surface area contributed by atoms with Gasteiger partial charge in [0.05, 0.1) is 23.5 Å². The molecular weight excluding hydrogens is 349 g/mol. The van der Waals surface area contributed by atoms with Crippen LogP contribution in [0.25, 0.3) is 0 Å². The van der Waals surface area contributed by atoms with E-state index in [4.69, 9.17) is 4.74 Å². The summed E-state index contributed by atoms with van der Waals surface area (Å²) < 4.78 is 43.2. The van der Waals surface area contributed by atoms with E-state index in [1.54, 1.807) is 0 Å². The van der Waals surface area contributed by atoms with Crippen LogP contribution in [0, 0.1) is 0 Å². The average molecular weight is 368 g/mol. The lowest BCUT2D eigenvalue weighted by molar-refractivity contribution is -0.137. The van der Waals surface area contributed by atoms with Crippen LogP contribution in [0.5, 0.6) is 0 Å². The Kier molecular flexibility index (Phi) is 4.99. The largest absolute Gasteiger partial charge is 0.417 e. The smallest absolute Gasteiger partial charge is 0.369 e. The standard InChI is InChI=1S/C17H19F3N4O2/c1-9-7-13-14(10(2)26-9)23-24-15(13)16(25)21-6-5-12-4-3-11(8-22-12)17(18,19)20/h3-4,8-10H,5-7H2,1-2H3,(H,21,25)(H,23,24)/t9-,10+/m1/s1. The third-order valence-corrected chi connectivity index (χ3v) is 4.27. The lowest BCUT2D eigenvalue weighted by atomic mass is 9.99. The third kappa shape index (κ3) is 3.87. The zero-order chi connectivity index (χ0) is 18.9. The Morgan fingerprint density at radius 2 is 2.15 bits per heavy atom. The average Bonchev–Trinajstić information content (AvgIpc) is 2.98. The van der Waals surface area contributed by atoms with Gasteiger partial charge in [-0.05, 0) is 26.0 Å². The summed E-state index contributed by atoms with van der Waals surface area (Å²) >= 11 is 0. The van der Waals surface area contributed by atoms with E-state index in [9.17, 15) is 18.0 Å². The van der Waals surface area contributed by atoms with Crippen LogP contribution in [0.15, 0.2) is 18.3 Å². The fourth-order valence-electron chi connectivity index (χ4n) is 2.99. The summed E-state index contributed by atoms with van der Waals surface area (Å²) in [7, 11) is 0. The first kappa shape index (κ1) is 18.4. The minimum Gasteiger partial charge on any atom is -0.369 e. The highest BCUT2D eigenvalue weighted by Gasteiger charge is 2.31. The van der Waals surface area contributed by atoms with E-state index in [-0.39, 0.29) is 24.7 Å². The Labute approximate surface area is 148 Å². The quantitative estimate of drug-likeness (QED) is 0.870. The molecule has 1 aliphatic rings. The molecule has 2 N–H and O–H groups in total. The van der Waals surface area contributed by atoms with E-state index in [2.05, 4.69) is 20.5 Å². The van der Waals surface area contributed by atoms with Crippen LogP contribution >= 0.6 is 0 Å². The number of aromatic nitrogens is 3. The number of alkyl halides is 3. The van der Waals surface area contributed by atoms with Crippen LogP contribution in [0.2, 0.25) is 0 Å². The summed E-state index contributed by atoms with van der Waals surface area (Å²) in [6.07, 6.45) is -2.84. The lowest BCUT2D eigenvalue weighted by Crippen LogP contribution is -2.29. The van der Waals surface area contributed by atoms with Crippen LogP contribution in [0.3, 0.4) is 0 Å². The minimum absolute atomic E-state index is 0.00185. The van der Waals surface area contributed by atoms with Gasteiger partial charge in [-0.25, -0.2) is 0 Å². The van der Waals surface area contributed by atoms with E-state index in [0.29, 0.717) is 24.2 Å². The van der Waals surface area contributed by atoms with E-state index in [1.807, 2.05) is 13.8 Å². The molecule has 0 aliphatic carbocycles. The van der Waals surface area contributed by atoms with Crippen molar-refractivity contribution in [1.29, 1.82) is 0 Å². The first-order chi connectivity index (χ1) is 12.3. The van der Waals surface area contributed by atoms with Gasteiger partial charge in [0.2, 0.25) is 0 Å². The van der Waals surface area contributed by atoms with Crippen LogP contribution in [0.4, 0.5) is 13.2 Å². The fourth-order valence-corrected chi connectivity index (χ4v) is 2.99. The zero-order valence-corrected chi connectivity index (χ0v) is 14.4. The molecule has 1 aliphatic heterocycles. The van der Waals surface area contributed by atoms with Crippen LogP contribution in [-0.4, -0.2) is 33.7 Å². The van der Waals surface area contributed by atoms with Gasteiger partial charge in [0.25, 0.3) is 5.91 Å². The number of hydrogen-bond donors (Lipinski definition) is 2. The molecular formula is C17H19F3N4O2. The van der Waals surface area contributed by atoms with Gasteiger partial charge in [0, 0.05) is 36.8 Å². The number of H-pyrrole nitrogens is 1. The molecule has 0 aromatic carbocycles. The summed E-state index contributed by atoms with van der Waals surface area (Å²) in [5.41, 5.74) is 1.67. The first-order valence-electron chi connectivity index (χ1n) is 8.28. The molecule has 0 saturated heterocycles. The number of fused-ring (bicyclic) bond motifs is 1. The zero-order valence-electron chi connectivity index (χ0n) is 14.4. The van der Waals surface area contributed by atoms with Crippen molar-refractivity contribution in [1.82, 2.24) is 20.5 Å². The number of carbonyl (C=O) groups is 1. The highest BCUT2D eigenvalue weighted by Crippen LogP contribution is 2.30. The summed E-state index contributed by atoms with van der Waals surface area (Å²) in [6, 6.07) is 2.29. The molecule has 1 amide bonds. The molecule has 0 spiro atoms. The molecule has 0 saturated carbocycles. The highest BCUT2D eigenvalue weighted by molar-refractivity contribution is 5.94. The molecule has 3 heterocycles. The number of nitrogens with zero attached hydrogens (tertiary/aromatic N) is 2. The molecule has 0 fully saturated rings. The van der Waals surface area contributed by atoms with Crippen molar-refractivity contribution in [2.24, 2.45) is 0 Å². The fraction of sp³-hybridized carbons (Fsp3) is 0.471. The van der Waals surface area contributed by atoms with Gasteiger partial charge in [-0.2, -0.15) is 18.3 Å². The van der Waals surface area contributed by atoms with Crippen LogP contribution < -0.4 is 5.32 Å². The van der Waals surface area contributed by atoms with Crippen molar-refractivity contribution in [3.63, 3.8) is 0 Å². The Morgan fingerprint density at radius 1 is 1.38 bits per heavy atom. The molecule has 0 unspecified atom stereocenters.